The van der Waals surface area contributed by atoms with Gasteiger partial charge in [-0.3, -0.25) is 14.8 Å². The molecule has 10 heteroatoms. The van der Waals surface area contributed by atoms with Crippen LogP contribution in [0.2, 0.25) is 0 Å². The van der Waals surface area contributed by atoms with Gasteiger partial charge in [-0.15, -0.1) is 0 Å². The number of urea groups is 1. The van der Waals surface area contributed by atoms with E-state index in [2.05, 4.69) is 26.0 Å². The molecule has 4 rings (SSSR count). The number of amides is 3. The van der Waals surface area contributed by atoms with Crippen molar-refractivity contribution in [3.8, 4) is 0 Å². The fraction of sp³-hybridized carbons (Fsp3) is 0.231. The number of para-hydroxylation sites is 1. The van der Waals surface area contributed by atoms with Crippen LogP contribution in [0.4, 0.5) is 22.0 Å². The number of rotatable bonds is 8. The molecule has 3 N–H and O–H groups in total. The molecular formula is C26H29N7O3. The molecule has 0 aliphatic rings. The number of carbonyl (C=O) groups excluding carboxylic acids is 2. The lowest BCUT2D eigenvalue weighted by molar-refractivity contribution is 0.102. The third-order valence-corrected chi connectivity index (χ3v) is 5.59. The van der Waals surface area contributed by atoms with E-state index >= 15 is 0 Å². The Labute approximate surface area is 209 Å². The highest BCUT2D eigenvalue weighted by Gasteiger charge is 2.14. The second kappa shape index (κ2) is 10.9. The number of nitrogens with one attached hydrogen (secondary N) is 3. The van der Waals surface area contributed by atoms with Crippen molar-refractivity contribution in [2.45, 2.75) is 13.2 Å². The summed E-state index contributed by atoms with van der Waals surface area (Å²) in [7, 11) is 6.83. The Morgan fingerprint density at radius 2 is 1.86 bits per heavy atom. The molecule has 0 saturated heterocycles. The smallest absolute Gasteiger partial charge is 0.322 e. The maximum atomic E-state index is 13.2. The number of methoxy groups -OCH3 is 1. The normalized spacial score (nSPS) is 10.8. The minimum Gasteiger partial charge on any atom is -0.380 e. The van der Waals surface area contributed by atoms with Crippen LogP contribution in [-0.4, -0.2) is 52.8 Å². The molecule has 0 fully saturated rings. The van der Waals surface area contributed by atoms with Gasteiger partial charge in [0.15, 0.2) is 0 Å². The predicted molar refractivity (Wildman–Crippen MR) is 140 cm³/mol. The molecule has 0 unspecified atom stereocenters. The van der Waals surface area contributed by atoms with E-state index in [9.17, 15) is 9.59 Å². The summed E-state index contributed by atoms with van der Waals surface area (Å²) in [6.45, 7) is 0.865. The summed E-state index contributed by atoms with van der Waals surface area (Å²) in [5.41, 5.74) is 4.53. The number of nitrogens with zero attached hydrogens (tertiary/aromatic N) is 4. The van der Waals surface area contributed by atoms with E-state index in [1.807, 2.05) is 49.5 Å². The van der Waals surface area contributed by atoms with E-state index < -0.39 is 0 Å². The second-order valence-corrected chi connectivity index (χ2v) is 8.46. The van der Waals surface area contributed by atoms with Crippen molar-refractivity contribution < 1.29 is 14.3 Å². The number of anilines is 3. The Balaban J connectivity index is 1.47. The number of hydrogen-bond donors (Lipinski definition) is 3. The molecule has 186 valence electrons. The zero-order valence-electron chi connectivity index (χ0n) is 20.7. The first kappa shape index (κ1) is 24.7. The Kier molecular flexibility index (Phi) is 7.45. The molecule has 36 heavy (non-hydrogen) atoms. The van der Waals surface area contributed by atoms with Gasteiger partial charge in [-0.05, 0) is 48.0 Å². The standard InChI is InChI=1S/C26H29N7O3/c1-32(2)26(35)30-24-13-17(11-12-27-24)15-28-21-8-6-5-7-20(21)25(34)29-18-9-10-19-22(16-36-4)31-33(3)23(19)14-18/h5-14,28H,15-16H2,1-4H3,(H,29,34)(H,27,30,35). The molecule has 2 heterocycles. The van der Waals surface area contributed by atoms with Crippen LogP contribution >= 0.6 is 0 Å². The number of aryl methyl sites for hydroxylation is 1. The molecule has 2 aromatic heterocycles. The zero-order valence-corrected chi connectivity index (χ0v) is 20.7. The first-order valence-corrected chi connectivity index (χ1v) is 11.4. The molecule has 0 bridgehead atoms. The molecule has 0 aliphatic carbocycles. The van der Waals surface area contributed by atoms with E-state index in [0.29, 0.717) is 35.9 Å². The minimum absolute atomic E-state index is 0.231. The van der Waals surface area contributed by atoms with Crippen LogP contribution in [0.1, 0.15) is 21.6 Å². The molecule has 0 saturated carbocycles. The van der Waals surface area contributed by atoms with Crippen molar-refractivity contribution in [3.05, 3.63) is 77.6 Å². The Bertz CT molecular complexity index is 1400. The van der Waals surface area contributed by atoms with Gasteiger partial charge in [-0.2, -0.15) is 5.10 Å². The van der Waals surface area contributed by atoms with Crippen LogP contribution in [0, 0.1) is 0 Å². The fourth-order valence-corrected chi connectivity index (χ4v) is 3.76. The van der Waals surface area contributed by atoms with Crippen molar-refractivity contribution in [2.75, 3.05) is 37.2 Å². The quantitative estimate of drug-likeness (QED) is 0.345. The molecule has 0 atom stereocenters. The molecule has 2 aromatic carbocycles. The lowest BCUT2D eigenvalue weighted by Gasteiger charge is -2.14. The van der Waals surface area contributed by atoms with E-state index in [4.69, 9.17) is 4.74 Å². The molecule has 3 amide bonds. The summed E-state index contributed by atoms with van der Waals surface area (Å²) in [5.74, 6) is 0.226. The van der Waals surface area contributed by atoms with E-state index in [1.54, 1.807) is 44.2 Å². The van der Waals surface area contributed by atoms with E-state index in [-0.39, 0.29) is 11.9 Å². The van der Waals surface area contributed by atoms with Gasteiger partial charge < -0.3 is 20.3 Å². The van der Waals surface area contributed by atoms with Crippen molar-refractivity contribution in [1.29, 1.82) is 0 Å². The number of aromatic nitrogens is 3. The molecule has 0 aliphatic heterocycles. The zero-order chi connectivity index (χ0) is 25.7. The van der Waals surface area contributed by atoms with E-state index in [1.165, 1.54) is 4.90 Å². The Hall–Kier alpha value is -4.44. The topological polar surface area (TPSA) is 113 Å². The first-order valence-electron chi connectivity index (χ1n) is 11.4. The van der Waals surface area contributed by atoms with Gasteiger partial charge in [-0.25, -0.2) is 9.78 Å². The van der Waals surface area contributed by atoms with Gasteiger partial charge in [0, 0.05) is 57.8 Å². The van der Waals surface area contributed by atoms with Gasteiger partial charge in [-0.1, -0.05) is 12.1 Å². The average molecular weight is 488 g/mol. The number of hydrogen-bond acceptors (Lipinski definition) is 6. The van der Waals surface area contributed by atoms with Crippen LogP contribution in [0.3, 0.4) is 0 Å². The van der Waals surface area contributed by atoms with E-state index in [0.717, 1.165) is 22.2 Å². The lowest BCUT2D eigenvalue weighted by atomic mass is 10.1. The minimum atomic E-state index is -0.256. The first-order chi connectivity index (χ1) is 17.4. The monoisotopic (exact) mass is 487 g/mol. The number of fused-ring (bicyclic) bond motifs is 1. The maximum Gasteiger partial charge on any atom is 0.322 e. The molecule has 0 spiro atoms. The SMILES string of the molecule is COCc1nn(C)c2cc(NC(=O)c3ccccc3NCc3ccnc(NC(=O)N(C)C)c3)ccc12. The summed E-state index contributed by atoms with van der Waals surface area (Å²) in [4.78, 5) is 30.7. The average Bonchev–Trinajstić information content (AvgIpc) is 3.17. The van der Waals surface area contributed by atoms with Crippen molar-refractivity contribution in [1.82, 2.24) is 19.7 Å². The van der Waals surface area contributed by atoms with Crippen LogP contribution in [0.15, 0.2) is 60.8 Å². The van der Waals surface area contributed by atoms with Crippen molar-refractivity contribution >= 4 is 40.0 Å². The van der Waals surface area contributed by atoms with Gasteiger partial charge in [0.2, 0.25) is 0 Å². The summed E-state index contributed by atoms with van der Waals surface area (Å²) in [6, 6.07) is 16.4. The molecular weight excluding hydrogens is 458 g/mol. The number of carbonyl (C=O) groups is 2. The highest BCUT2D eigenvalue weighted by molar-refractivity contribution is 6.08. The molecule has 0 radical (unpaired) electrons. The fourth-order valence-electron chi connectivity index (χ4n) is 3.76. The van der Waals surface area contributed by atoms with Crippen LogP contribution in [0.25, 0.3) is 10.9 Å². The van der Waals surface area contributed by atoms with Crippen LogP contribution < -0.4 is 16.0 Å². The Morgan fingerprint density at radius 3 is 2.64 bits per heavy atom. The van der Waals surface area contributed by atoms with Crippen LogP contribution in [-0.2, 0) is 24.9 Å². The highest BCUT2D eigenvalue weighted by atomic mass is 16.5. The summed E-state index contributed by atoms with van der Waals surface area (Å²) in [6.07, 6.45) is 1.63. The molecule has 10 nitrogen and oxygen atoms in total. The van der Waals surface area contributed by atoms with Crippen molar-refractivity contribution in [2.24, 2.45) is 7.05 Å². The van der Waals surface area contributed by atoms with Crippen LogP contribution in [0.5, 0.6) is 0 Å². The summed E-state index contributed by atoms with van der Waals surface area (Å²) >= 11 is 0. The Morgan fingerprint density at radius 1 is 1.06 bits per heavy atom. The predicted octanol–water partition coefficient (Wildman–Crippen LogP) is 4.07. The summed E-state index contributed by atoms with van der Waals surface area (Å²) in [5, 5.41) is 14.5. The maximum absolute atomic E-state index is 13.2. The van der Waals surface area contributed by atoms with Crippen molar-refractivity contribution in [3.63, 3.8) is 0 Å². The second-order valence-electron chi connectivity index (χ2n) is 8.46. The van der Waals surface area contributed by atoms with Gasteiger partial charge >= 0.3 is 6.03 Å². The molecule has 4 aromatic rings. The summed E-state index contributed by atoms with van der Waals surface area (Å²) < 4.78 is 7.00. The van der Waals surface area contributed by atoms with Gasteiger partial charge in [0.05, 0.1) is 23.4 Å². The number of ether oxygens (including phenoxy) is 1. The van der Waals surface area contributed by atoms with Gasteiger partial charge in [0.1, 0.15) is 5.82 Å². The third-order valence-electron chi connectivity index (χ3n) is 5.59. The van der Waals surface area contributed by atoms with Gasteiger partial charge in [0.25, 0.3) is 5.91 Å². The largest absolute Gasteiger partial charge is 0.380 e. The number of pyridine rings is 1. The lowest BCUT2D eigenvalue weighted by Crippen LogP contribution is -2.27. The number of benzene rings is 2. The highest BCUT2D eigenvalue weighted by Crippen LogP contribution is 2.24. The third kappa shape index (κ3) is 5.61.